The molecule has 3 nitrogen and oxygen atoms in total. The lowest BCUT2D eigenvalue weighted by Crippen LogP contribution is -2.27. The second-order valence-corrected chi connectivity index (χ2v) is 10.5. The number of rotatable bonds is 5. The van der Waals surface area contributed by atoms with Gasteiger partial charge < -0.3 is 4.57 Å². The molecular weight excluding hydrogens is 488 g/mol. The van der Waals surface area contributed by atoms with Crippen molar-refractivity contribution in [3.05, 3.63) is 100 Å². The fourth-order valence-electron chi connectivity index (χ4n) is 3.91. The monoisotopic (exact) mass is 506 g/mol. The molecule has 0 spiro atoms. The van der Waals surface area contributed by atoms with Crippen molar-refractivity contribution in [2.24, 2.45) is 0 Å². The maximum atomic E-state index is 13.3. The van der Waals surface area contributed by atoms with Gasteiger partial charge in [0.05, 0.1) is 10.6 Å². The Balaban J connectivity index is 1.52. The average Bonchev–Trinajstić information content (AvgIpc) is 3.31. The molecule has 33 heavy (non-hydrogen) atoms. The third-order valence-electron chi connectivity index (χ3n) is 5.51. The van der Waals surface area contributed by atoms with Crippen LogP contribution in [0.25, 0.3) is 17.0 Å². The van der Waals surface area contributed by atoms with E-state index in [0.29, 0.717) is 15.8 Å². The zero-order chi connectivity index (χ0) is 22.9. The summed E-state index contributed by atoms with van der Waals surface area (Å²) in [5.74, 6) is -0.0915. The van der Waals surface area contributed by atoms with E-state index in [2.05, 4.69) is 22.9 Å². The normalized spacial score (nSPS) is 15.2. The van der Waals surface area contributed by atoms with Crippen molar-refractivity contribution in [1.29, 1.82) is 0 Å². The molecule has 0 N–H and O–H groups in total. The second-order valence-electron chi connectivity index (χ2n) is 7.54. The van der Waals surface area contributed by atoms with Crippen LogP contribution >= 0.6 is 47.3 Å². The maximum Gasteiger partial charge on any atom is 0.270 e. The fourth-order valence-corrected chi connectivity index (χ4v) is 5.85. The number of benzene rings is 3. The number of thiocarbonyl (C=S) groups is 1. The van der Waals surface area contributed by atoms with Crippen molar-refractivity contribution < 1.29 is 4.79 Å². The Morgan fingerprint density at radius 3 is 2.67 bits per heavy atom. The Kier molecular flexibility index (Phi) is 6.34. The summed E-state index contributed by atoms with van der Waals surface area (Å²) in [6, 6.07) is 23.9. The summed E-state index contributed by atoms with van der Waals surface area (Å²) in [5, 5.41) is 1.82. The molecular formula is C26H19ClN2OS3. The number of aromatic nitrogens is 1. The topological polar surface area (TPSA) is 25.2 Å². The Bertz CT molecular complexity index is 1430. The Morgan fingerprint density at radius 2 is 1.85 bits per heavy atom. The zero-order valence-corrected chi connectivity index (χ0v) is 20.9. The van der Waals surface area contributed by atoms with Crippen molar-refractivity contribution in [2.75, 3.05) is 11.2 Å². The number of nitrogens with zero attached hydrogens (tertiary/aromatic N) is 2. The molecule has 0 saturated carbocycles. The van der Waals surface area contributed by atoms with Gasteiger partial charge in [-0.3, -0.25) is 9.69 Å². The lowest BCUT2D eigenvalue weighted by Gasteiger charge is -2.15. The number of fused-ring (bicyclic) bond motifs is 1. The Hall–Kier alpha value is -2.51. The molecule has 3 aromatic carbocycles. The van der Waals surface area contributed by atoms with Crippen LogP contribution in [0.2, 0.25) is 5.02 Å². The number of carbonyl (C=O) groups excluding carboxylic acids is 1. The first-order valence-corrected chi connectivity index (χ1v) is 13.1. The highest BCUT2D eigenvalue weighted by Crippen LogP contribution is 2.38. The molecule has 5 rings (SSSR count). The molecule has 0 atom stereocenters. The lowest BCUT2D eigenvalue weighted by molar-refractivity contribution is -0.113. The summed E-state index contributed by atoms with van der Waals surface area (Å²) >= 11 is 15.0. The molecule has 0 aliphatic carbocycles. The quantitative estimate of drug-likeness (QED) is 0.159. The van der Waals surface area contributed by atoms with Gasteiger partial charge in [-0.15, -0.1) is 11.8 Å². The van der Waals surface area contributed by atoms with Crippen LogP contribution in [0.15, 0.2) is 88.8 Å². The minimum atomic E-state index is -0.0915. The summed E-state index contributed by atoms with van der Waals surface area (Å²) in [7, 11) is 0. The first-order chi connectivity index (χ1) is 16.0. The minimum Gasteiger partial charge on any atom is -0.342 e. The van der Waals surface area contributed by atoms with Crippen molar-refractivity contribution in [2.45, 2.75) is 11.4 Å². The Morgan fingerprint density at radius 1 is 1.06 bits per heavy atom. The molecule has 4 aromatic rings. The van der Waals surface area contributed by atoms with Gasteiger partial charge in [0.25, 0.3) is 5.91 Å². The summed E-state index contributed by atoms with van der Waals surface area (Å²) in [6.07, 6.45) is 6.04. The van der Waals surface area contributed by atoms with Crippen molar-refractivity contribution in [1.82, 2.24) is 4.57 Å². The molecule has 1 amide bonds. The number of halogens is 1. The van der Waals surface area contributed by atoms with Crippen LogP contribution in [0.4, 0.5) is 5.69 Å². The van der Waals surface area contributed by atoms with E-state index < -0.39 is 0 Å². The highest BCUT2D eigenvalue weighted by molar-refractivity contribution is 8.27. The zero-order valence-electron chi connectivity index (χ0n) is 17.7. The minimum absolute atomic E-state index is 0.0915. The van der Waals surface area contributed by atoms with Gasteiger partial charge in [0.15, 0.2) is 4.32 Å². The molecule has 0 radical (unpaired) electrons. The predicted octanol–water partition coefficient (Wildman–Crippen LogP) is 7.47. The molecule has 1 saturated heterocycles. The third-order valence-corrected chi connectivity index (χ3v) is 7.91. The lowest BCUT2D eigenvalue weighted by atomic mass is 10.1. The van der Waals surface area contributed by atoms with Crippen molar-refractivity contribution >= 4 is 80.2 Å². The molecule has 1 aliphatic heterocycles. The van der Waals surface area contributed by atoms with Crippen molar-refractivity contribution in [3.8, 4) is 0 Å². The van der Waals surface area contributed by atoms with Gasteiger partial charge in [0.1, 0.15) is 0 Å². The molecule has 164 valence electrons. The van der Waals surface area contributed by atoms with Gasteiger partial charge in [-0.25, -0.2) is 0 Å². The number of amides is 1. The van der Waals surface area contributed by atoms with E-state index in [1.165, 1.54) is 11.8 Å². The van der Waals surface area contributed by atoms with Crippen LogP contribution in [0.3, 0.4) is 0 Å². The van der Waals surface area contributed by atoms with Gasteiger partial charge in [-0.1, -0.05) is 78.0 Å². The molecule has 1 aromatic heterocycles. The highest BCUT2D eigenvalue weighted by Gasteiger charge is 2.33. The van der Waals surface area contributed by atoms with Gasteiger partial charge in [-0.2, -0.15) is 0 Å². The number of anilines is 1. The van der Waals surface area contributed by atoms with E-state index in [-0.39, 0.29) is 5.91 Å². The van der Waals surface area contributed by atoms with Crippen LogP contribution in [0.5, 0.6) is 0 Å². The van der Waals surface area contributed by atoms with E-state index in [1.54, 1.807) is 16.7 Å². The summed E-state index contributed by atoms with van der Waals surface area (Å²) in [5.41, 5.74) is 3.92. The molecule has 1 aliphatic rings. The largest absolute Gasteiger partial charge is 0.342 e. The smallest absolute Gasteiger partial charge is 0.270 e. The maximum absolute atomic E-state index is 13.3. The van der Waals surface area contributed by atoms with Crippen LogP contribution < -0.4 is 4.90 Å². The van der Waals surface area contributed by atoms with Gasteiger partial charge in [0.2, 0.25) is 0 Å². The molecule has 0 bridgehead atoms. The number of hydrogen-bond donors (Lipinski definition) is 0. The summed E-state index contributed by atoms with van der Waals surface area (Å²) in [6.45, 7) is 0.649. The Labute approximate surface area is 211 Å². The SMILES string of the molecule is CSc1cccc(N2C(=O)/C(=C\c3cn(Cc4ccccc4Cl)c4ccccc34)SC2=S)c1. The molecule has 7 heteroatoms. The number of thioether (sulfide) groups is 2. The number of hydrogen-bond acceptors (Lipinski definition) is 4. The average molecular weight is 507 g/mol. The second kappa shape index (κ2) is 9.39. The first-order valence-electron chi connectivity index (χ1n) is 10.3. The highest BCUT2D eigenvalue weighted by atomic mass is 35.5. The van der Waals surface area contributed by atoms with E-state index in [4.69, 9.17) is 23.8 Å². The van der Waals surface area contributed by atoms with E-state index in [9.17, 15) is 4.79 Å². The van der Waals surface area contributed by atoms with Crippen LogP contribution in [-0.4, -0.2) is 21.1 Å². The first kappa shape index (κ1) is 22.3. The number of para-hydroxylation sites is 1. The van der Waals surface area contributed by atoms with Crippen molar-refractivity contribution in [3.63, 3.8) is 0 Å². The summed E-state index contributed by atoms with van der Waals surface area (Å²) in [4.78, 5) is 16.6. The molecule has 1 fully saturated rings. The van der Waals surface area contributed by atoms with E-state index in [0.717, 1.165) is 37.6 Å². The van der Waals surface area contributed by atoms with Gasteiger partial charge >= 0.3 is 0 Å². The standard InChI is InChI=1S/C26H19ClN2OS3/c1-32-20-9-6-8-19(14-20)29-25(30)24(33-26(29)31)13-18-16-28(23-12-5-3-10-21(18)23)15-17-7-2-4-11-22(17)27/h2-14,16H,15H2,1H3/b24-13+. The fraction of sp³-hybridized carbons (Fsp3) is 0.0769. The van der Waals surface area contributed by atoms with E-state index >= 15 is 0 Å². The van der Waals surface area contributed by atoms with E-state index in [1.807, 2.05) is 73.0 Å². The van der Waals surface area contributed by atoms with Crippen LogP contribution in [0.1, 0.15) is 11.1 Å². The molecule has 0 unspecified atom stereocenters. The van der Waals surface area contributed by atoms with Gasteiger partial charge in [0, 0.05) is 39.1 Å². The van der Waals surface area contributed by atoms with Gasteiger partial charge in [-0.05, 0) is 48.2 Å². The molecule has 2 heterocycles. The third kappa shape index (κ3) is 4.36. The van der Waals surface area contributed by atoms with Crippen LogP contribution in [-0.2, 0) is 11.3 Å². The predicted molar refractivity (Wildman–Crippen MR) is 146 cm³/mol. The van der Waals surface area contributed by atoms with Crippen LogP contribution in [0, 0.1) is 0 Å². The summed E-state index contributed by atoms with van der Waals surface area (Å²) < 4.78 is 2.72. The number of carbonyl (C=O) groups is 1.